The summed E-state index contributed by atoms with van der Waals surface area (Å²) in [6.45, 7) is 11.8. The monoisotopic (exact) mass is 427 g/mol. The number of fused-ring (bicyclic) bond motifs is 2. The van der Waals surface area contributed by atoms with E-state index >= 15 is 0 Å². The van der Waals surface area contributed by atoms with Crippen molar-refractivity contribution in [1.82, 2.24) is 25.4 Å². The molecule has 8 nitrogen and oxygen atoms in total. The molecule has 9 heteroatoms. The molecule has 1 fully saturated rings. The first-order valence-corrected chi connectivity index (χ1v) is 10.3. The molecule has 2 aromatic rings. The number of hydrogen-bond acceptors (Lipinski definition) is 6. The Bertz CT molecular complexity index is 1030. The minimum Gasteiger partial charge on any atom is -0.368 e. The van der Waals surface area contributed by atoms with Crippen LogP contribution < -0.4 is 10.7 Å². The highest BCUT2D eigenvalue weighted by Crippen LogP contribution is 2.49. The summed E-state index contributed by atoms with van der Waals surface area (Å²) in [7, 11) is 0. The van der Waals surface area contributed by atoms with E-state index in [4.69, 9.17) is 22.2 Å². The molecule has 2 heterocycles. The fourth-order valence-corrected chi connectivity index (χ4v) is 4.24. The number of nitrogens with one attached hydrogen (secondary N) is 3. The van der Waals surface area contributed by atoms with Crippen molar-refractivity contribution >= 4 is 17.5 Å². The van der Waals surface area contributed by atoms with Gasteiger partial charge in [-0.25, -0.2) is 5.43 Å². The van der Waals surface area contributed by atoms with Crippen LogP contribution in [0, 0.1) is 5.53 Å². The molecule has 1 spiro atoms. The smallest absolute Gasteiger partial charge is 0.276 e. The van der Waals surface area contributed by atoms with Gasteiger partial charge in [-0.05, 0) is 45.7 Å². The predicted octanol–water partition coefficient (Wildman–Crippen LogP) is 4.04. The second-order valence-corrected chi connectivity index (χ2v) is 9.48. The summed E-state index contributed by atoms with van der Waals surface area (Å²) in [5.74, 6) is 0.371. The topological polar surface area (TPSA) is 98.4 Å². The first kappa shape index (κ1) is 20.4. The molecule has 1 aliphatic heterocycles. The van der Waals surface area contributed by atoms with E-state index in [9.17, 15) is 4.79 Å². The fourth-order valence-electron chi connectivity index (χ4n) is 4.05. The minimum absolute atomic E-state index is 0.123. The zero-order valence-corrected chi connectivity index (χ0v) is 18.2. The van der Waals surface area contributed by atoms with Gasteiger partial charge in [0.05, 0.1) is 29.2 Å². The van der Waals surface area contributed by atoms with Gasteiger partial charge >= 0.3 is 0 Å². The molecular formula is C21H26ClN7O. The summed E-state index contributed by atoms with van der Waals surface area (Å²) in [4.78, 5) is 15.1. The molecule has 0 saturated heterocycles. The van der Waals surface area contributed by atoms with E-state index in [0.29, 0.717) is 22.8 Å². The molecule has 0 unspecified atom stereocenters. The Morgan fingerprint density at radius 2 is 2.10 bits per heavy atom. The summed E-state index contributed by atoms with van der Waals surface area (Å²) in [5, 5.41) is 12.0. The Hall–Kier alpha value is -2.87. The summed E-state index contributed by atoms with van der Waals surface area (Å²) >= 11 is 6.20. The molecule has 3 N–H and O–H groups in total. The normalized spacial score (nSPS) is 16.7. The third-order valence-electron chi connectivity index (χ3n) is 5.47. The molecule has 30 heavy (non-hydrogen) atoms. The summed E-state index contributed by atoms with van der Waals surface area (Å²) < 4.78 is 2.00. The lowest BCUT2D eigenvalue weighted by Gasteiger charge is -2.39. The lowest BCUT2D eigenvalue weighted by Crippen LogP contribution is -2.48. The maximum Gasteiger partial charge on any atom is 0.276 e. The number of benzene rings is 1. The largest absolute Gasteiger partial charge is 0.368 e. The molecule has 0 atom stereocenters. The quantitative estimate of drug-likeness (QED) is 0.495. The van der Waals surface area contributed by atoms with Crippen LogP contribution in [0.3, 0.4) is 0 Å². The molecular weight excluding hydrogens is 402 g/mol. The third kappa shape index (κ3) is 3.67. The van der Waals surface area contributed by atoms with Crippen LogP contribution in [0.25, 0.3) is 11.3 Å². The van der Waals surface area contributed by atoms with Gasteiger partial charge in [0.2, 0.25) is 0 Å². The van der Waals surface area contributed by atoms with Crippen molar-refractivity contribution in [1.29, 1.82) is 5.53 Å². The SMILES string of the molecule is C=C(NC(C)(C)C)N1Cc2c(C(=O)NN=N)c(-c3cccc(Cl)c3)nn2C2(CC2)C1. The van der Waals surface area contributed by atoms with Crippen molar-refractivity contribution in [2.75, 3.05) is 6.54 Å². The number of nitrogens with zero attached hydrogens (tertiary/aromatic N) is 4. The standard InChI is InChI=1S/C21H26ClN7O/c1-13(24-20(2,3)4)28-11-16-17(19(30)25-27-23)18(14-6-5-7-15(22)10-14)26-29(16)21(12-28)8-9-21/h5-7,10,24H,1,8-9,11-12H2,2-4H3,(H2,23,25,30). The third-order valence-corrected chi connectivity index (χ3v) is 5.70. The number of halogens is 1. The van der Waals surface area contributed by atoms with E-state index in [1.54, 1.807) is 12.1 Å². The first-order valence-electron chi connectivity index (χ1n) is 9.91. The first-order chi connectivity index (χ1) is 14.1. The highest BCUT2D eigenvalue weighted by molar-refractivity contribution is 6.30. The maximum atomic E-state index is 12.9. The molecule has 1 aromatic heterocycles. The fraction of sp³-hybridized carbons (Fsp3) is 0.429. The minimum atomic E-state index is -0.451. The molecule has 1 aliphatic carbocycles. The van der Waals surface area contributed by atoms with Crippen molar-refractivity contribution in [3.63, 3.8) is 0 Å². The van der Waals surface area contributed by atoms with Gasteiger partial charge in [0, 0.05) is 22.7 Å². The van der Waals surface area contributed by atoms with Gasteiger partial charge in [0.1, 0.15) is 5.69 Å². The number of carbonyl (C=O) groups excluding carboxylic acids is 1. The highest BCUT2D eigenvalue weighted by atomic mass is 35.5. The Kier molecular flexibility index (Phi) is 4.85. The Labute approximate surface area is 180 Å². The van der Waals surface area contributed by atoms with E-state index < -0.39 is 5.91 Å². The molecule has 1 saturated carbocycles. The van der Waals surface area contributed by atoms with Gasteiger partial charge < -0.3 is 10.2 Å². The molecule has 2 aliphatic rings. The van der Waals surface area contributed by atoms with Gasteiger partial charge in [-0.3, -0.25) is 9.48 Å². The number of amides is 1. The number of rotatable bonds is 5. The van der Waals surface area contributed by atoms with E-state index in [1.165, 1.54) is 0 Å². The van der Waals surface area contributed by atoms with Gasteiger partial charge in [-0.2, -0.15) is 10.6 Å². The molecule has 1 aromatic carbocycles. The van der Waals surface area contributed by atoms with Crippen LogP contribution in [0.15, 0.2) is 41.9 Å². The van der Waals surface area contributed by atoms with Crippen LogP contribution in [0.4, 0.5) is 0 Å². The maximum absolute atomic E-state index is 12.9. The molecule has 0 radical (unpaired) electrons. The van der Waals surface area contributed by atoms with Crippen LogP contribution in [0.5, 0.6) is 0 Å². The van der Waals surface area contributed by atoms with E-state index in [2.05, 4.69) is 48.2 Å². The van der Waals surface area contributed by atoms with Gasteiger partial charge in [-0.15, -0.1) is 0 Å². The molecule has 1 amide bonds. The van der Waals surface area contributed by atoms with Crippen LogP contribution in [-0.2, 0) is 12.1 Å². The van der Waals surface area contributed by atoms with Gasteiger partial charge in [0.25, 0.3) is 5.91 Å². The Balaban J connectivity index is 1.82. The second-order valence-electron chi connectivity index (χ2n) is 9.05. The Morgan fingerprint density at radius 1 is 1.37 bits per heavy atom. The number of carbonyl (C=O) groups is 1. The number of hydrogen-bond donors (Lipinski definition) is 3. The van der Waals surface area contributed by atoms with Gasteiger partial charge in [-0.1, -0.05) is 35.5 Å². The predicted molar refractivity (Wildman–Crippen MR) is 115 cm³/mol. The average molecular weight is 428 g/mol. The van der Waals surface area contributed by atoms with E-state index in [0.717, 1.165) is 36.5 Å². The van der Waals surface area contributed by atoms with Crippen molar-refractivity contribution in [2.45, 2.75) is 51.2 Å². The van der Waals surface area contributed by atoms with E-state index in [-0.39, 0.29) is 11.1 Å². The summed E-state index contributed by atoms with van der Waals surface area (Å²) in [5.41, 5.74) is 11.6. The summed E-state index contributed by atoms with van der Waals surface area (Å²) in [6.07, 6.45) is 1.97. The van der Waals surface area contributed by atoms with Crippen molar-refractivity contribution in [2.24, 2.45) is 5.22 Å². The van der Waals surface area contributed by atoms with Gasteiger partial charge in [0.15, 0.2) is 0 Å². The molecule has 158 valence electrons. The Morgan fingerprint density at radius 3 is 2.70 bits per heavy atom. The lowest BCUT2D eigenvalue weighted by atomic mass is 10.0. The van der Waals surface area contributed by atoms with Crippen LogP contribution >= 0.6 is 11.6 Å². The van der Waals surface area contributed by atoms with E-state index in [1.807, 2.05) is 16.8 Å². The average Bonchev–Trinajstić information content (AvgIpc) is 3.29. The molecule has 0 bridgehead atoms. The summed E-state index contributed by atoms with van der Waals surface area (Å²) in [6, 6.07) is 7.29. The highest BCUT2D eigenvalue weighted by Gasteiger charge is 2.52. The van der Waals surface area contributed by atoms with Crippen LogP contribution in [0.1, 0.15) is 49.7 Å². The zero-order chi connectivity index (χ0) is 21.7. The lowest BCUT2D eigenvalue weighted by molar-refractivity contribution is 0.0946. The second kappa shape index (κ2) is 7.12. The van der Waals surface area contributed by atoms with Crippen molar-refractivity contribution in [3.8, 4) is 11.3 Å². The number of aromatic nitrogens is 2. The zero-order valence-electron chi connectivity index (χ0n) is 17.4. The van der Waals surface area contributed by atoms with Crippen LogP contribution in [0.2, 0.25) is 5.02 Å². The van der Waals surface area contributed by atoms with Crippen molar-refractivity contribution < 1.29 is 4.79 Å². The van der Waals surface area contributed by atoms with Crippen LogP contribution in [-0.4, -0.2) is 32.7 Å². The molecule has 4 rings (SSSR count). The van der Waals surface area contributed by atoms with Crippen molar-refractivity contribution in [3.05, 3.63) is 52.9 Å².